The molecule has 1 aliphatic heterocycles. The van der Waals surface area contributed by atoms with Crippen molar-refractivity contribution in [2.24, 2.45) is 11.7 Å². The molecule has 3 amide bonds. The van der Waals surface area contributed by atoms with Crippen LogP contribution in [0.3, 0.4) is 0 Å². The maximum Gasteiger partial charge on any atom is 0.252 e. The van der Waals surface area contributed by atoms with Crippen molar-refractivity contribution >= 4 is 34.9 Å². The minimum Gasteiger partial charge on any atom is -0.507 e. The third-order valence-electron chi connectivity index (χ3n) is 7.34. The molecule has 4 N–H and O–H groups in total. The minimum atomic E-state index is -0.763. The van der Waals surface area contributed by atoms with Gasteiger partial charge in [0.1, 0.15) is 5.75 Å². The van der Waals surface area contributed by atoms with Crippen LogP contribution in [0.4, 0.5) is 11.4 Å². The topological polar surface area (TPSA) is 133 Å². The zero-order valence-electron chi connectivity index (χ0n) is 21.6. The number of carbonyl (C=O) groups excluding carboxylic acids is 4. The molecule has 9 nitrogen and oxygen atoms in total. The normalized spacial score (nSPS) is 17.5. The van der Waals surface area contributed by atoms with Crippen LogP contribution in [0.25, 0.3) is 0 Å². The smallest absolute Gasteiger partial charge is 0.252 e. The molecule has 38 heavy (non-hydrogen) atoms. The molecule has 0 aromatic heterocycles. The van der Waals surface area contributed by atoms with Crippen molar-refractivity contribution < 1.29 is 24.3 Å². The first-order chi connectivity index (χ1) is 18.2. The van der Waals surface area contributed by atoms with Gasteiger partial charge in [-0.05, 0) is 75.1 Å². The molecule has 1 aliphatic carbocycles. The largest absolute Gasteiger partial charge is 0.507 e. The van der Waals surface area contributed by atoms with Crippen LogP contribution in [0.2, 0.25) is 0 Å². The number of hydrogen-bond acceptors (Lipinski definition) is 6. The van der Waals surface area contributed by atoms with Gasteiger partial charge < -0.3 is 26.0 Å². The van der Waals surface area contributed by atoms with E-state index in [2.05, 4.69) is 16.3 Å². The number of carbonyl (C=O) groups is 4. The molecule has 4 rings (SSSR count). The van der Waals surface area contributed by atoms with Crippen molar-refractivity contribution in [3.8, 4) is 5.75 Å². The lowest BCUT2D eigenvalue weighted by Crippen LogP contribution is -2.48. The summed E-state index contributed by atoms with van der Waals surface area (Å²) in [7, 11) is 0. The number of benzene rings is 2. The molecule has 1 unspecified atom stereocenters. The average molecular weight is 519 g/mol. The maximum absolute atomic E-state index is 12.8. The highest BCUT2D eigenvalue weighted by Gasteiger charge is 2.24. The SMILES string of the molecule is CC(=O)c1ccc(N2CCN(C(=O)CCC3=CCC(C(=O)Nc4ccc(O)c(C(N)=O)c4)CC3)CC2)cc1. The third-order valence-corrected chi connectivity index (χ3v) is 7.34. The van der Waals surface area contributed by atoms with E-state index in [0.717, 1.165) is 25.2 Å². The molecule has 1 saturated heterocycles. The monoisotopic (exact) mass is 518 g/mol. The van der Waals surface area contributed by atoms with Gasteiger partial charge in [0.2, 0.25) is 11.8 Å². The van der Waals surface area contributed by atoms with Crippen LogP contribution < -0.4 is 16.0 Å². The molecule has 1 fully saturated rings. The van der Waals surface area contributed by atoms with Gasteiger partial charge in [-0.15, -0.1) is 0 Å². The van der Waals surface area contributed by atoms with E-state index in [1.54, 1.807) is 6.92 Å². The van der Waals surface area contributed by atoms with E-state index in [1.165, 1.54) is 23.8 Å². The molecule has 1 atom stereocenters. The molecule has 9 heteroatoms. The summed E-state index contributed by atoms with van der Waals surface area (Å²) in [6.07, 6.45) is 5.26. The fourth-order valence-electron chi connectivity index (χ4n) is 4.96. The molecule has 2 aromatic rings. The number of piperazine rings is 1. The molecule has 0 bridgehead atoms. The fourth-order valence-corrected chi connectivity index (χ4v) is 4.96. The summed E-state index contributed by atoms with van der Waals surface area (Å²) >= 11 is 0. The van der Waals surface area contributed by atoms with Crippen molar-refractivity contribution in [3.05, 3.63) is 65.2 Å². The van der Waals surface area contributed by atoms with E-state index < -0.39 is 5.91 Å². The van der Waals surface area contributed by atoms with Crippen molar-refractivity contribution in [3.63, 3.8) is 0 Å². The van der Waals surface area contributed by atoms with Crippen LogP contribution in [0, 0.1) is 5.92 Å². The summed E-state index contributed by atoms with van der Waals surface area (Å²) in [5.41, 5.74) is 8.59. The van der Waals surface area contributed by atoms with Crippen molar-refractivity contribution in [1.82, 2.24) is 4.90 Å². The number of ketones is 1. The lowest BCUT2D eigenvalue weighted by molar-refractivity contribution is -0.131. The summed E-state index contributed by atoms with van der Waals surface area (Å²) < 4.78 is 0. The number of nitrogens with one attached hydrogen (secondary N) is 1. The molecule has 200 valence electrons. The van der Waals surface area contributed by atoms with E-state index in [0.29, 0.717) is 50.0 Å². The van der Waals surface area contributed by atoms with Crippen LogP contribution in [0.5, 0.6) is 5.75 Å². The Morgan fingerprint density at radius 3 is 2.34 bits per heavy atom. The van der Waals surface area contributed by atoms with Gasteiger partial charge in [-0.2, -0.15) is 0 Å². The number of amides is 3. The van der Waals surface area contributed by atoms with Crippen molar-refractivity contribution in [1.29, 1.82) is 0 Å². The number of rotatable bonds is 8. The molecular weight excluding hydrogens is 484 g/mol. The highest BCUT2D eigenvalue weighted by Crippen LogP contribution is 2.29. The van der Waals surface area contributed by atoms with E-state index in [9.17, 15) is 24.3 Å². The van der Waals surface area contributed by atoms with Crippen molar-refractivity contribution in [2.75, 3.05) is 36.4 Å². The van der Waals surface area contributed by atoms with E-state index in [1.807, 2.05) is 29.2 Å². The van der Waals surface area contributed by atoms with E-state index >= 15 is 0 Å². The van der Waals surface area contributed by atoms with Gasteiger partial charge in [0.15, 0.2) is 5.78 Å². The summed E-state index contributed by atoms with van der Waals surface area (Å²) in [4.78, 5) is 52.5. The molecule has 0 saturated carbocycles. The minimum absolute atomic E-state index is 0.0389. The van der Waals surface area contributed by atoms with E-state index in [4.69, 9.17) is 5.73 Å². The van der Waals surface area contributed by atoms with Gasteiger partial charge in [0.05, 0.1) is 5.56 Å². The molecule has 0 spiro atoms. The van der Waals surface area contributed by atoms with Crippen molar-refractivity contribution in [2.45, 2.75) is 39.0 Å². The van der Waals surface area contributed by atoms with Gasteiger partial charge in [-0.3, -0.25) is 19.2 Å². The Balaban J connectivity index is 1.20. The van der Waals surface area contributed by atoms with Gasteiger partial charge in [0, 0.05) is 55.5 Å². The van der Waals surface area contributed by atoms with Gasteiger partial charge >= 0.3 is 0 Å². The van der Waals surface area contributed by atoms with Crippen LogP contribution in [-0.4, -0.2) is 59.7 Å². The lowest BCUT2D eigenvalue weighted by atomic mass is 9.87. The third kappa shape index (κ3) is 6.59. The summed E-state index contributed by atoms with van der Waals surface area (Å²) in [6.45, 7) is 4.41. The number of allylic oxidation sites excluding steroid dienone is 2. The number of phenols is 1. The standard InChI is InChI=1S/C29H34N4O5/c1-19(34)21-7-10-24(11-8-21)32-14-16-33(17-15-32)27(36)13-4-20-2-5-22(6-3-20)29(38)31-23-9-12-26(35)25(18-23)28(30)37/h2,7-12,18,22,35H,3-6,13-17H2,1H3,(H2,30,37)(H,31,38). The zero-order chi connectivity index (χ0) is 27.2. The summed E-state index contributed by atoms with van der Waals surface area (Å²) in [5.74, 6) is -1.13. The lowest BCUT2D eigenvalue weighted by Gasteiger charge is -2.36. The Kier molecular flexibility index (Phi) is 8.45. The highest BCUT2D eigenvalue weighted by atomic mass is 16.3. The molecule has 2 aliphatic rings. The fraction of sp³-hybridized carbons (Fsp3) is 0.379. The molecular formula is C29H34N4O5. The molecule has 0 radical (unpaired) electrons. The van der Waals surface area contributed by atoms with Gasteiger partial charge in [-0.1, -0.05) is 11.6 Å². The number of anilines is 2. The predicted octanol–water partition coefficient (Wildman–Crippen LogP) is 3.49. The van der Waals surface area contributed by atoms with Gasteiger partial charge in [0.25, 0.3) is 5.91 Å². The Labute approximate surface area is 222 Å². The van der Waals surface area contributed by atoms with Crippen LogP contribution in [0.1, 0.15) is 59.7 Å². The average Bonchev–Trinajstić information content (AvgIpc) is 2.93. The number of aromatic hydroxyl groups is 1. The first-order valence-corrected chi connectivity index (χ1v) is 13.0. The summed E-state index contributed by atoms with van der Waals surface area (Å²) in [6, 6.07) is 11.8. The van der Waals surface area contributed by atoms with Crippen LogP contribution in [-0.2, 0) is 9.59 Å². The summed E-state index contributed by atoms with van der Waals surface area (Å²) in [5, 5.41) is 12.5. The van der Waals surface area contributed by atoms with Gasteiger partial charge in [-0.25, -0.2) is 0 Å². The molecule has 1 heterocycles. The second-order valence-electron chi connectivity index (χ2n) is 9.89. The maximum atomic E-state index is 12.8. The van der Waals surface area contributed by atoms with Crippen LogP contribution in [0.15, 0.2) is 54.1 Å². The number of primary amides is 1. The number of Topliss-reactive ketones (excluding diaryl/α,β-unsaturated/α-hetero) is 1. The highest BCUT2D eigenvalue weighted by molar-refractivity contribution is 5.99. The number of nitrogens with zero attached hydrogens (tertiary/aromatic N) is 2. The second-order valence-corrected chi connectivity index (χ2v) is 9.89. The Morgan fingerprint density at radius 1 is 1.03 bits per heavy atom. The first kappa shape index (κ1) is 26.9. The Bertz CT molecular complexity index is 1250. The second kappa shape index (κ2) is 11.9. The van der Waals surface area contributed by atoms with E-state index in [-0.39, 0.29) is 34.8 Å². The first-order valence-electron chi connectivity index (χ1n) is 13.0. The Hall–Kier alpha value is -4.14. The Morgan fingerprint density at radius 2 is 1.74 bits per heavy atom. The number of hydrogen-bond donors (Lipinski definition) is 3. The predicted molar refractivity (Wildman–Crippen MR) is 145 cm³/mol. The zero-order valence-corrected chi connectivity index (χ0v) is 21.6. The number of nitrogens with two attached hydrogens (primary N) is 1. The molecule has 2 aromatic carbocycles. The van der Waals surface area contributed by atoms with Crippen LogP contribution >= 0.6 is 0 Å². The quantitative estimate of drug-likeness (QED) is 0.278.